The van der Waals surface area contributed by atoms with Gasteiger partial charge in [-0.1, -0.05) is 29.3 Å². The average Bonchev–Trinajstić information content (AvgIpc) is 3.43. The van der Waals surface area contributed by atoms with Crippen molar-refractivity contribution in [3.63, 3.8) is 0 Å². The quantitative estimate of drug-likeness (QED) is 0.631. The van der Waals surface area contributed by atoms with Crippen molar-refractivity contribution in [2.45, 2.75) is 25.0 Å². The topological polar surface area (TPSA) is 102 Å². The highest BCUT2D eigenvalue weighted by Crippen LogP contribution is 2.45. The summed E-state index contributed by atoms with van der Waals surface area (Å²) in [4.78, 5) is 37.2. The molecule has 2 bridgehead atoms. The number of rotatable bonds is 5. The van der Waals surface area contributed by atoms with Crippen LogP contribution in [0.3, 0.4) is 0 Å². The molecule has 10 heteroatoms. The van der Waals surface area contributed by atoms with Crippen LogP contribution in [0.4, 0.5) is 5.00 Å². The molecule has 7 nitrogen and oxygen atoms in total. The third-order valence-corrected chi connectivity index (χ3v) is 7.14. The highest BCUT2D eigenvalue weighted by atomic mass is 35.5. The van der Waals surface area contributed by atoms with Gasteiger partial charge in [-0.2, -0.15) is 0 Å². The average molecular weight is 470 g/mol. The number of methoxy groups -OCH3 is 1. The summed E-state index contributed by atoms with van der Waals surface area (Å²) in [5.41, 5.74) is 1.33. The Labute approximate surface area is 185 Å². The number of carboxylic acid groups (broad SMARTS) is 1. The Bertz CT molecular complexity index is 1040. The van der Waals surface area contributed by atoms with Crippen LogP contribution in [0.15, 0.2) is 23.6 Å². The summed E-state index contributed by atoms with van der Waals surface area (Å²) in [6, 6.07) is 4.94. The zero-order valence-corrected chi connectivity index (χ0v) is 18.0. The fourth-order valence-corrected chi connectivity index (χ4v) is 5.41. The fraction of sp³-hybridized carbons (Fsp3) is 0.350. The van der Waals surface area contributed by atoms with E-state index in [0.29, 0.717) is 34.0 Å². The molecule has 2 N–H and O–H groups in total. The molecule has 2 saturated heterocycles. The number of esters is 1. The smallest absolute Gasteiger partial charge is 0.341 e. The van der Waals surface area contributed by atoms with Crippen LogP contribution < -0.4 is 5.32 Å². The molecule has 2 aliphatic heterocycles. The molecule has 0 spiro atoms. The molecular formula is C20H17Cl2NO6S. The lowest BCUT2D eigenvalue weighted by Crippen LogP contribution is -2.41. The van der Waals surface area contributed by atoms with Gasteiger partial charge in [0.25, 0.3) is 0 Å². The number of nitrogens with one attached hydrogen (secondary N) is 1. The summed E-state index contributed by atoms with van der Waals surface area (Å²) in [6.45, 7) is 0. The van der Waals surface area contributed by atoms with Crippen LogP contribution in [0.1, 0.15) is 23.2 Å². The SMILES string of the molecule is COC(=O)c1c(-c2ccc(Cl)c(Cl)c2)csc1NC(=O)[C@@H]1[C@H](C(=O)O)[C@H]2CC[C@H]1O2. The molecule has 4 rings (SSSR count). The number of hydrogen-bond acceptors (Lipinski definition) is 6. The number of ether oxygens (including phenoxy) is 2. The number of benzene rings is 1. The second kappa shape index (κ2) is 8.19. The number of thiophene rings is 1. The van der Waals surface area contributed by atoms with Crippen LogP contribution in [0.5, 0.6) is 0 Å². The number of carbonyl (C=O) groups excluding carboxylic acids is 2. The summed E-state index contributed by atoms with van der Waals surface area (Å²) in [5.74, 6) is -3.89. The number of halogens is 2. The molecular weight excluding hydrogens is 453 g/mol. The van der Waals surface area contributed by atoms with E-state index in [1.54, 1.807) is 23.6 Å². The Morgan fingerprint density at radius 3 is 2.50 bits per heavy atom. The van der Waals surface area contributed by atoms with E-state index in [1.807, 2.05) is 0 Å². The minimum absolute atomic E-state index is 0.171. The number of carbonyl (C=O) groups is 3. The zero-order chi connectivity index (χ0) is 21.6. The molecule has 0 radical (unpaired) electrons. The van der Waals surface area contributed by atoms with Gasteiger partial charge >= 0.3 is 11.9 Å². The second-order valence-corrected chi connectivity index (χ2v) is 8.84. The van der Waals surface area contributed by atoms with Crippen LogP contribution in [0.2, 0.25) is 10.0 Å². The van der Waals surface area contributed by atoms with Crippen molar-refractivity contribution in [3.05, 3.63) is 39.2 Å². The predicted molar refractivity (Wildman–Crippen MR) is 112 cm³/mol. The van der Waals surface area contributed by atoms with E-state index >= 15 is 0 Å². The lowest BCUT2D eigenvalue weighted by Gasteiger charge is -2.23. The van der Waals surface area contributed by atoms with Gasteiger partial charge in [0.2, 0.25) is 5.91 Å². The molecule has 2 aliphatic rings. The van der Waals surface area contributed by atoms with Gasteiger partial charge < -0.3 is 19.9 Å². The Kier molecular flexibility index (Phi) is 5.76. The summed E-state index contributed by atoms with van der Waals surface area (Å²) >= 11 is 13.2. The van der Waals surface area contributed by atoms with E-state index in [2.05, 4.69) is 5.32 Å². The maximum Gasteiger partial charge on any atom is 0.341 e. The molecule has 1 amide bonds. The first kappa shape index (κ1) is 21.1. The minimum atomic E-state index is -1.06. The molecule has 2 fully saturated rings. The van der Waals surface area contributed by atoms with Crippen LogP contribution in [-0.4, -0.2) is 42.3 Å². The molecule has 158 valence electrons. The van der Waals surface area contributed by atoms with Gasteiger partial charge in [-0.15, -0.1) is 11.3 Å². The van der Waals surface area contributed by atoms with Gasteiger partial charge in [0.1, 0.15) is 10.6 Å². The molecule has 0 saturated carbocycles. The van der Waals surface area contributed by atoms with Crippen molar-refractivity contribution >= 4 is 57.4 Å². The number of hydrogen-bond donors (Lipinski definition) is 2. The van der Waals surface area contributed by atoms with E-state index in [9.17, 15) is 19.5 Å². The molecule has 3 heterocycles. The van der Waals surface area contributed by atoms with Gasteiger partial charge in [-0.05, 0) is 30.5 Å². The van der Waals surface area contributed by atoms with E-state index in [0.717, 1.165) is 11.3 Å². The van der Waals surface area contributed by atoms with E-state index in [1.165, 1.54) is 7.11 Å². The van der Waals surface area contributed by atoms with Crippen LogP contribution in [-0.2, 0) is 19.1 Å². The lowest BCUT2D eigenvalue weighted by atomic mass is 9.79. The van der Waals surface area contributed by atoms with Crippen molar-refractivity contribution in [2.75, 3.05) is 12.4 Å². The van der Waals surface area contributed by atoms with Crippen molar-refractivity contribution in [3.8, 4) is 11.1 Å². The number of anilines is 1. The Balaban J connectivity index is 1.67. The molecule has 4 atom stereocenters. The van der Waals surface area contributed by atoms with E-state index in [-0.39, 0.29) is 10.6 Å². The van der Waals surface area contributed by atoms with Crippen molar-refractivity contribution in [1.82, 2.24) is 0 Å². The van der Waals surface area contributed by atoms with E-state index < -0.39 is 41.9 Å². The monoisotopic (exact) mass is 469 g/mol. The van der Waals surface area contributed by atoms with Gasteiger partial charge in [0, 0.05) is 10.9 Å². The Morgan fingerprint density at radius 2 is 1.87 bits per heavy atom. The summed E-state index contributed by atoms with van der Waals surface area (Å²) < 4.78 is 10.6. The maximum atomic E-state index is 13.0. The standard InChI is InChI=1S/C20H17Cl2NO6S/c1-28-20(27)14-9(8-2-3-10(21)11(22)6-8)7-30-18(14)23-17(24)15-12-4-5-13(29-12)16(15)19(25)26/h2-3,6-7,12-13,15-16H,4-5H2,1H3,(H,23,24)(H,25,26)/t12-,13-,15+,16-/m1/s1. The van der Waals surface area contributed by atoms with Gasteiger partial charge in [0.05, 0.1) is 41.2 Å². The van der Waals surface area contributed by atoms with Gasteiger partial charge in [-0.3, -0.25) is 9.59 Å². The molecule has 0 unspecified atom stereocenters. The van der Waals surface area contributed by atoms with E-state index in [4.69, 9.17) is 32.7 Å². The Hall–Kier alpha value is -2.13. The highest BCUT2D eigenvalue weighted by Gasteiger charge is 2.55. The number of amides is 1. The first-order chi connectivity index (χ1) is 14.3. The number of carboxylic acids is 1. The summed E-state index contributed by atoms with van der Waals surface area (Å²) in [6.07, 6.45) is 0.361. The molecule has 30 heavy (non-hydrogen) atoms. The fourth-order valence-electron chi connectivity index (χ4n) is 4.15. The summed E-state index contributed by atoms with van der Waals surface area (Å²) in [7, 11) is 1.24. The van der Waals surface area contributed by atoms with Crippen LogP contribution in [0, 0.1) is 11.8 Å². The second-order valence-electron chi connectivity index (χ2n) is 7.14. The first-order valence-electron chi connectivity index (χ1n) is 9.16. The molecule has 1 aromatic heterocycles. The van der Waals surface area contributed by atoms with Crippen molar-refractivity contribution in [1.29, 1.82) is 0 Å². The van der Waals surface area contributed by atoms with Crippen molar-refractivity contribution < 1.29 is 29.0 Å². The molecule has 1 aromatic carbocycles. The highest BCUT2D eigenvalue weighted by molar-refractivity contribution is 7.15. The molecule has 0 aliphatic carbocycles. The van der Waals surface area contributed by atoms with Crippen molar-refractivity contribution in [2.24, 2.45) is 11.8 Å². The van der Waals surface area contributed by atoms with Crippen LogP contribution >= 0.6 is 34.5 Å². The Morgan fingerprint density at radius 1 is 1.17 bits per heavy atom. The maximum absolute atomic E-state index is 13.0. The van der Waals surface area contributed by atoms with Gasteiger partial charge in [-0.25, -0.2) is 4.79 Å². The largest absolute Gasteiger partial charge is 0.481 e. The van der Waals surface area contributed by atoms with Gasteiger partial charge in [0.15, 0.2) is 0 Å². The normalized spacial score (nSPS) is 24.6. The lowest BCUT2D eigenvalue weighted by molar-refractivity contribution is -0.147. The zero-order valence-electron chi connectivity index (χ0n) is 15.7. The third kappa shape index (κ3) is 3.58. The van der Waals surface area contributed by atoms with Crippen LogP contribution in [0.25, 0.3) is 11.1 Å². The third-order valence-electron chi connectivity index (χ3n) is 5.51. The minimum Gasteiger partial charge on any atom is -0.481 e. The predicted octanol–water partition coefficient (Wildman–Crippen LogP) is 4.33. The summed E-state index contributed by atoms with van der Waals surface area (Å²) in [5, 5.41) is 15.0. The molecule has 2 aromatic rings. The number of fused-ring (bicyclic) bond motifs is 2. The number of aliphatic carboxylic acids is 1. The first-order valence-corrected chi connectivity index (χ1v) is 10.8.